The second kappa shape index (κ2) is 10.5. The normalized spacial score (nSPS) is 20.0. The third kappa shape index (κ3) is 6.95. The maximum atomic E-state index is 13.4. The number of nitrogens with two attached hydrogens (primary N) is 1. The third-order valence-corrected chi connectivity index (χ3v) is 6.53. The van der Waals surface area contributed by atoms with Crippen molar-refractivity contribution in [1.82, 2.24) is 15.0 Å². The van der Waals surface area contributed by atoms with Gasteiger partial charge in [-0.3, -0.25) is 0 Å². The molecule has 0 radical (unpaired) electrons. The highest BCUT2D eigenvalue weighted by Crippen LogP contribution is 2.27. The van der Waals surface area contributed by atoms with Crippen LogP contribution < -0.4 is 15.2 Å². The summed E-state index contributed by atoms with van der Waals surface area (Å²) in [6, 6.07) is 4.40. The Kier molecular flexibility index (Phi) is 7.97. The van der Waals surface area contributed by atoms with Crippen LogP contribution in [-0.2, 0) is 16.6 Å². The van der Waals surface area contributed by atoms with Gasteiger partial charge in [-0.2, -0.15) is 13.1 Å². The van der Waals surface area contributed by atoms with Crippen LogP contribution >= 0.6 is 15.9 Å². The minimum Gasteiger partial charge on any atom is -0.411 e. The van der Waals surface area contributed by atoms with Crippen LogP contribution in [0, 0.1) is 11.7 Å². The molecule has 13 heteroatoms. The van der Waals surface area contributed by atoms with E-state index < -0.39 is 10.2 Å². The average molecular weight is 519 g/mol. The maximum Gasteiger partial charge on any atom is 0.274 e. The minimum absolute atomic E-state index is 0.111. The smallest absolute Gasteiger partial charge is 0.274 e. The predicted molar refractivity (Wildman–Crippen MR) is 116 cm³/mol. The van der Waals surface area contributed by atoms with Gasteiger partial charge >= 0.3 is 0 Å². The van der Waals surface area contributed by atoms with Gasteiger partial charge in [0.2, 0.25) is 0 Å². The number of hydrogen-bond donors (Lipinski definition) is 4. The van der Waals surface area contributed by atoms with E-state index in [0.29, 0.717) is 22.8 Å². The fourth-order valence-corrected chi connectivity index (χ4v) is 4.83. The van der Waals surface area contributed by atoms with E-state index in [-0.39, 0.29) is 29.7 Å². The van der Waals surface area contributed by atoms with Gasteiger partial charge in [-0.25, -0.2) is 14.2 Å². The highest BCUT2D eigenvalue weighted by molar-refractivity contribution is 9.10. The molecule has 1 aromatic heterocycles. The molecule has 0 amide bonds. The summed E-state index contributed by atoms with van der Waals surface area (Å²) in [6.45, 7) is 0.597. The van der Waals surface area contributed by atoms with Crippen LogP contribution in [0.1, 0.15) is 43.4 Å². The molecule has 5 N–H and O–H groups in total. The van der Waals surface area contributed by atoms with Crippen molar-refractivity contribution in [2.24, 2.45) is 16.2 Å². The van der Waals surface area contributed by atoms with Crippen molar-refractivity contribution in [3.05, 3.63) is 39.7 Å². The van der Waals surface area contributed by atoms with Gasteiger partial charge < -0.3 is 10.5 Å². The van der Waals surface area contributed by atoms with Gasteiger partial charge in [-0.15, -0.1) is 0 Å². The first kappa shape index (κ1) is 23.6. The average Bonchev–Trinajstić information content (AvgIpc) is 3.17. The maximum absolute atomic E-state index is 13.4. The van der Waals surface area contributed by atoms with Crippen molar-refractivity contribution in [3.8, 4) is 0 Å². The number of benzene rings is 1. The molecule has 1 heterocycles. The molecule has 2 aromatic rings. The zero-order chi connectivity index (χ0) is 22.4. The standard InChI is InChI=1S/C18H24BrFN6O4S/c19-14-9-12(3-6-15(14)20)10-16(23-27)17-18(25-30-24-17)22-8-7-11-1-4-13(5-2-11)26-31(21,28)29/h3,6,9,11,13,26-27H,1-2,4-5,7-8,10H2,(H,22,25)(H2,21,28,29). The van der Waals surface area contributed by atoms with Gasteiger partial charge in [0.15, 0.2) is 11.5 Å². The van der Waals surface area contributed by atoms with Crippen LogP contribution in [0.15, 0.2) is 32.5 Å². The molecule has 10 nitrogen and oxygen atoms in total. The van der Waals surface area contributed by atoms with Gasteiger partial charge in [0, 0.05) is 19.0 Å². The van der Waals surface area contributed by atoms with E-state index in [9.17, 15) is 18.0 Å². The largest absolute Gasteiger partial charge is 0.411 e. The highest BCUT2D eigenvalue weighted by Gasteiger charge is 2.24. The van der Waals surface area contributed by atoms with E-state index in [2.05, 4.69) is 41.4 Å². The van der Waals surface area contributed by atoms with Crippen LogP contribution in [0.5, 0.6) is 0 Å². The fraction of sp³-hybridized carbons (Fsp3) is 0.500. The molecule has 1 saturated carbocycles. The monoisotopic (exact) mass is 518 g/mol. The summed E-state index contributed by atoms with van der Waals surface area (Å²) in [7, 11) is -3.67. The van der Waals surface area contributed by atoms with Gasteiger partial charge in [0.05, 0.1) is 4.47 Å². The summed E-state index contributed by atoms with van der Waals surface area (Å²) in [6.07, 6.45) is 4.33. The van der Waals surface area contributed by atoms with Crippen molar-refractivity contribution in [1.29, 1.82) is 0 Å². The van der Waals surface area contributed by atoms with E-state index in [0.717, 1.165) is 37.7 Å². The van der Waals surface area contributed by atoms with E-state index in [1.165, 1.54) is 6.07 Å². The van der Waals surface area contributed by atoms with Crippen molar-refractivity contribution in [3.63, 3.8) is 0 Å². The first-order valence-corrected chi connectivity index (χ1v) is 12.1. The Labute approximate surface area is 187 Å². The molecule has 0 spiro atoms. The highest BCUT2D eigenvalue weighted by atomic mass is 79.9. The first-order chi connectivity index (χ1) is 14.7. The molecular weight excluding hydrogens is 495 g/mol. The molecule has 1 aliphatic rings. The molecule has 1 aromatic carbocycles. The van der Waals surface area contributed by atoms with Gasteiger partial charge in [-0.05, 0) is 82.0 Å². The number of halogens is 2. The Morgan fingerprint density at radius 2 is 2.06 bits per heavy atom. The Bertz CT molecular complexity index is 1020. The van der Waals surface area contributed by atoms with Gasteiger partial charge in [-0.1, -0.05) is 11.2 Å². The van der Waals surface area contributed by atoms with E-state index >= 15 is 0 Å². The van der Waals surface area contributed by atoms with Crippen LogP contribution in [0.25, 0.3) is 0 Å². The summed E-state index contributed by atoms with van der Waals surface area (Å²) in [5.41, 5.74) is 1.24. The van der Waals surface area contributed by atoms with E-state index in [1.807, 2.05) is 0 Å². The lowest BCUT2D eigenvalue weighted by atomic mass is 9.84. The second-order valence-corrected chi connectivity index (χ2v) is 9.71. The SMILES string of the molecule is NS(=O)(=O)NC1CCC(CCNc2nonc2C(Cc2ccc(F)c(Br)c2)=NO)CC1. The number of aromatic nitrogens is 2. The Morgan fingerprint density at radius 1 is 1.32 bits per heavy atom. The zero-order valence-corrected chi connectivity index (χ0v) is 19.0. The van der Waals surface area contributed by atoms with Crippen LogP contribution in [0.2, 0.25) is 0 Å². The number of oxime groups is 1. The predicted octanol–water partition coefficient (Wildman–Crippen LogP) is 2.55. The summed E-state index contributed by atoms with van der Waals surface area (Å²) >= 11 is 3.13. The van der Waals surface area contributed by atoms with Crippen molar-refractivity contribution < 1.29 is 22.6 Å². The first-order valence-electron chi connectivity index (χ1n) is 9.77. The molecule has 0 aliphatic heterocycles. The molecule has 170 valence electrons. The molecule has 3 rings (SSSR count). The molecule has 1 fully saturated rings. The number of hydrogen-bond acceptors (Lipinski definition) is 8. The third-order valence-electron chi connectivity index (χ3n) is 5.26. The molecule has 0 unspecified atom stereocenters. The summed E-state index contributed by atoms with van der Waals surface area (Å²) in [5, 5.41) is 28.6. The molecular formula is C18H24BrFN6O4S. The topological polar surface area (TPSA) is 156 Å². The molecule has 31 heavy (non-hydrogen) atoms. The summed E-state index contributed by atoms with van der Waals surface area (Å²) in [5.74, 6) is 0.418. The van der Waals surface area contributed by atoms with Crippen LogP contribution in [-0.4, -0.2) is 42.2 Å². The quantitative estimate of drug-likeness (QED) is 0.225. The summed E-state index contributed by atoms with van der Waals surface area (Å²) < 4.78 is 43.3. The number of rotatable bonds is 9. The fourth-order valence-electron chi connectivity index (χ4n) is 3.70. The number of anilines is 1. The molecule has 0 atom stereocenters. The van der Waals surface area contributed by atoms with Crippen LogP contribution in [0.4, 0.5) is 10.2 Å². The van der Waals surface area contributed by atoms with E-state index in [1.54, 1.807) is 12.1 Å². The van der Waals surface area contributed by atoms with Crippen LogP contribution in [0.3, 0.4) is 0 Å². The lowest BCUT2D eigenvalue weighted by Gasteiger charge is -2.28. The zero-order valence-electron chi connectivity index (χ0n) is 16.6. The second-order valence-electron chi connectivity index (χ2n) is 7.53. The van der Waals surface area contributed by atoms with Crippen molar-refractivity contribution in [2.45, 2.75) is 44.6 Å². The lowest BCUT2D eigenvalue weighted by molar-refractivity contribution is 0.301. The summed E-state index contributed by atoms with van der Waals surface area (Å²) in [4.78, 5) is 0. The van der Waals surface area contributed by atoms with E-state index in [4.69, 9.17) is 9.77 Å². The van der Waals surface area contributed by atoms with Gasteiger partial charge in [0.1, 0.15) is 11.5 Å². The number of nitrogens with zero attached hydrogens (tertiary/aromatic N) is 3. The lowest BCUT2D eigenvalue weighted by Crippen LogP contribution is -2.41. The Balaban J connectivity index is 1.51. The molecule has 0 saturated heterocycles. The minimum atomic E-state index is -3.67. The van der Waals surface area contributed by atoms with Crippen molar-refractivity contribution >= 4 is 37.7 Å². The molecule has 0 bridgehead atoms. The molecule has 1 aliphatic carbocycles. The number of nitrogens with one attached hydrogen (secondary N) is 2. The Hall–Kier alpha value is -2.09. The Morgan fingerprint density at radius 3 is 2.71 bits per heavy atom. The van der Waals surface area contributed by atoms with Gasteiger partial charge in [0.25, 0.3) is 10.2 Å². The van der Waals surface area contributed by atoms with Crippen molar-refractivity contribution in [2.75, 3.05) is 11.9 Å².